The largest absolute Gasteiger partial charge is 0.325 e. The van der Waals surface area contributed by atoms with Crippen LogP contribution in [0.1, 0.15) is 53.0 Å². The molecule has 3 N–H and O–H groups in total. The fourth-order valence-electron chi connectivity index (χ4n) is 3.80. The number of hydrogen-bond donors (Lipinski definition) is 3. The number of amides is 2. The zero-order valence-corrected chi connectivity index (χ0v) is 18.4. The number of benzene rings is 2. The van der Waals surface area contributed by atoms with Crippen LogP contribution in [0.3, 0.4) is 0 Å². The molecule has 2 unspecified atom stereocenters. The van der Waals surface area contributed by atoms with Crippen LogP contribution in [0.4, 0.5) is 10.8 Å². The molecule has 0 bridgehead atoms. The number of rotatable bonds is 5. The van der Waals surface area contributed by atoms with Crippen LogP contribution in [0, 0.1) is 0 Å². The zero-order valence-electron chi connectivity index (χ0n) is 17.5. The van der Waals surface area contributed by atoms with E-state index >= 15 is 0 Å². The van der Waals surface area contributed by atoms with E-state index in [4.69, 9.17) is 0 Å². The fourth-order valence-corrected chi connectivity index (χ4v) is 4.51. The number of aromatic amines is 1. The Bertz CT molecular complexity index is 1310. The van der Waals surface area contributed by atoms with Crippen LogP contribution in [0.2, 0.25) is 0 Å². The number of thiazole rings is 1. The monoisotopic (exact) mass is 443 g/mol. The molecule has 0 fully saturated rings. The van der Waals surface area contributed by atoms with E-state index in [2.05, 4.69) is 32.7 Å². The maximum absolute atomic E-state index is 12.7. The average molecular weight is 444 g/mol. The molecule has 160 valence electrons. The maximum atomic E-state index is 12.7. The van der Waals surface area contributed by atoms with Gasteiger partial charge in [0.1, 0.15) is 0 Å². The van der Waals surface area contributed by atoms with E-state index in [0.717, 1.165) is 33.8 Å². The van der Waals surface area contributed by atoms with Gasteiger partial charge in [-0.1, -0.05) is 43.3 Å². The SMILES string of the molecule is CC1C(=O)Nc2ccc(-c3csc(NC(=O)c4cc(C(C)c5ccccc5)[nH]n4)n3)cc21. The van der Waals surface area contributed by atoms with Crippen molar-refractivity contribution in [2.75, 3.05) is 10.6 Å². The predicted molar refractivity (Wildman–Crippen MR) is 125 cm³/mol. The lowest BCUT2D eigenvalue weighted by Crippen LogP contribution is -2.12. The van der Waals surface area contributed by atoms with E-state index in [1.807, 2.05) is 60.8 Å². The lowest BCUT2D eigenvalue weighted by atomic mass is 9.98. The Labute approximate surface area is 188 Å². The van der Waals surface area contributed by atoms with Crippen LogP contribution in [0.15, 0.2) is 60.0 Å². The van der Waals surface area contributed by atoms with Crippen molar-refractivity contribution in [2.24, 2.45) is 0 Å². The highest BCUT2D eigenvalue weighted by Crippen LogP contribution is 2.36. The van der Waals surface area contributed by atoms with E-state index < -0.39 is 0 Å². The highest BCUT2D eigenvalue weighted by molar-refractivity contribution is 7.14. The summed E-state index contributed by atoms with van der Waals surface area (Å²) in [5, 5.41) is 15.2. The lowest BCUT2D eigenvalue weighted by Gasteiger charge is -2.08. The summed E-state index contributed by atoms with van der Waals surface area (Å²) in [6.07, 6.45) is 0. The molecule has 0 spiro atoms. The van der Waals surface area contributed by atoms with Crippen LogP contribution in [-0.2, 0) is 4.79 Å². The highest BCUT2D eigenvalue weighted by atomic mass is 32.1. The van der Waals surface area contributed by atoms with E-state index in [1.54, 1.807) is 6.07 Å². The van der Waals surface area contributed by atoms with Crippen molar-refractivity contribution in [3.63, 3.8) is 0 Å². The number of H-pyrrole nitrogens is 1. The number of hydrogen-bond acceptors (Lipinski definition) is 5. The van der Waals surface area contributed by atoms with Gasteiger partial charge in [-0.15, -0.1) is 11.3 Å². The molecule has 1 aliphatic rings. The van der Waals surface area contributed by atoms with E-state index in [0.29, 0.717) is 10.8 Å². The second kappa shape index (κ2) is 8.05. The van der Waals surface area contributed by atoms with Crippen LogP contribution in [0.5, 0.6) is 0 Å². The van der Waals surface area contributed by atoms with E-state index in [9.17, 15) is 9.59 Å². The molecule has 0 aliphatic carbocycles. The molecule has 2 amide bonds. The van der Waals surface area contributed by atoms with Gasteiger partial charge in [0.2, 0.25) is 5.91 Å². The second-order valence-electron chi connectivity index (χ2n) is 7.85. The van der Waals surface area contributed by atoms with Gasteiger partial charge in [0, 0.05) is 28.2 Å². The van der Waals surface area contributed by atoms with Crippen molar-refractivity contribution in [3.8, 4) is 11.3 Å². The Morgan fingerprint density at radius 3 is 2.78 bits per heavy atom. The third-order valence-corrected chi connectivity index (χ3v) is 6.54. The summed E-state index contributed by atoms with van der Waals surface area (Å²) in [4.78, 5) is 29.1. The smallest absolute Gasteiger partial charge is 0.277 e. The minimum Gasteiger partial charge on any atom is -0.325 e. The number of nitrogens with zero attached hydrogens (tertiary/aromatic N) is 2. The molecule has 8 heteroatoms. The summed E-state index contributed by atoms with van der Waals surface area (Å²) in [6, 6.07) is 17.6. The Hall–Kier alpha value is -3.78. The zero-order chi connectivity index (χ0) is 22.2. The van der Waals surface area contributed by atoms with Crippen molar-refractivity contribution < 1.29 is 9.59 Å². The van der Waals surface area contributed by atoms with Gasteiger partial charge in [-0.3, -0.25) is 20.0 Å². The number of carbonyl (C=O) groups is 2. The molecule has 3 heterocycles. The van der Waals surface area contributed by atoms with E-state index in [-0.39, 0.29) is 23.7 Å². The molecule has 32 heavy (non-hydrogen) atoms. The number of nitrogens with one attached hydrogen (secondary N) is 3. The number of anilines is 2. The first-order valence-corrected chi connectivity index (χ1v) is 11.2. The van der Waals surface area contributed by atoms with Gasteiger partial charge in [-0.2, -0.15) is 5.10 Å². The van der Waals surface area contributed by atoms with Crippen molar-refractivity contribution >= 4 is 34.0 Å². The molecular formula is C24H21N5O2S. The lowest BCUT2D eigenvalue weighted by molar-refractivity contribution is -0.116. The molecule has 2 atom stereocenters. The molecule has 1 aliphatic heterocycles. The van der Waals surface area contributed by atoms with Crippen molar-refractivity contribution in [3.05, 3.63) is 82.5 Å². The third-order valence-electron chi connectivity index (χ3n) is 5.79. The Kier molecular flexibility index (Phi) is 5.07. The summed E-state index contributed by atoms with van der Waals surface area (Å²) < 4.78 is 0. The van der Waals surface area contributed by atoms with Gasteiger partial charge < -0.3 is 5.32 Å². The maximum Gasteiger partial charge on any atom is 0.277 e. The average Bonchev–Trinajstić information content (AvgIpc) is 3.54. The van der Waals surface area contributed by atoms with Crippen LogP contribution in [-0.4, -0.2) is 27.0 Å². The summed E-state index contributed by atoms with van der Waals surface area (Å²) >= 11 is 1.35. The molecule has 2 aromatic carbocycles. The summed E-state index contributed by atoms with van der Waals surface area (Å²) in [5.41, 5.74) is 5.79. The van der Waals surface area contributed by atoms with Crippen LogP contribution in [0.25, 0.3) is 11.3 Å². The van der Waals surface area contributed by atoms with Gasteiger partial charge in [0.15, 0.2) is 10.8 Å². The second-order valence-corrected chi connectivity index (χ2v) is 8.70. The first kappa shape index (κ1) is 20.1. The van der Waals surface area contributed by atoms with Crippen molar-refractivity contribution in [2.45, 2.75) is 25.7 Å². The Morgan fingerprint density at radius 2 is 1.97 bits per heavy atom. The first-order chi connectivity index (χ1) is 15.5. The molecule has 5 rings (SSSR count). The summed E-state index contributed by atoms with van der Waals surface area (Å²) in [7, 11) is 0. The molecule has 7 nitrogen and oxygen atoms in total. The molecular weight excluding hydrogens is 422 g/mol. The minimum atomic E-state index is -0.314. The summed E-state index contributed by atoms with van der Waals surface area (Å²) in [6.45, 7) is 3.95. The van der Waals surface area contributed by atoms with Crippen molar-refractivity contribution in [1.29, 1.82) is 0 Å². The van der Waals surface area contributed by atoms with Crippen molar-refractivity contribution in [1.82, 2.24) is 15.2 Å². The van der Waals surface area contributed by atoms with Gasteiger partial charge in [-0.05, 0) is 36.2 Å². The standard InChI is InChI=1S/C24H21N5O2S/c1-13(15-6-4-3-5-7-15)19-11-20(29-28-19)23(31)27-24-26-21(12-32-24)16-8-9-18-17(10-16)14(2)22(30)25-18/h3-14H,1-2H3,(H,25,30)(H,28,29)(H,26,27,31). The molecule has 0 saturated carbocycles. The normalized spacial score (nSPS) is 15.8. The topological polar surface area (TPSA) is 99.8 Å². The van der Waals surface area contributed by atoms with E-state index in [1.165, 1.54) is 11.3 Å². The summed E-state index contributed by atoms with van der Waals surface area (Å²) in [5.74, 6) is -0.399. The number of carbonyl (C=O) groups excluding carboxylic acids is 2. The first-order valence-electron chi connectivity index (χ1n) is 10.3. The predicted octanol–water partition coefficient (Wildman–Crippen LogP) is 4.99. The molecule has 0 radical (unpaired) electrons. The molecule has 4 aromatic rings. The fraction of sp³-hybridized carbons (Fsp3) is 0.167. The number of fused-ring (bicyclic) bond motifs is 1. The molecule has 2 aromatic heterocycles. The Balaban J connectivity index is 1.30. The van der Waals surface area contributed by atoms with Crippen LogP contribution < -0.4 is 10.6 Å². The minimum absolute atomic E-state index is 0.00309. The molecule has 0 saturated heterocycles. The van der Waals surface area contributed by atoms with Gasteiger partial charge >= 0.3 is 0 Å². The van der Waals surface area contributed by atoms with Crippen LogP contribution >= 0.6 is 11.3 Å². The quantitative estimate of drug-likeness (QED) is 0.404. The Morgan fingerprint density at radius 1 is 1.16 bits per heavy atom. The van der Waals surface area contributed by atoms with Gasteiger partial charge in [-0.25, -0.2) is 4.98 Å². The van der Waals surface area contributed by atoms with Gasteiger partial charge in [0.05, 0.1) is 11.6 Å². The number of aromatic nitrogens is 3. The highest BCUT2D eigenvalue weighted by Gasteiger charge is 2.27. The van der Waals surface area contributed by atoms with Gasteiger partial charge in [0.25, 0.3) is 5.91 Å². The third kappa shape index (κ3) is 3.69.